The molecule has 0 unspecified atom stereocenters. The van der Waals surface area contributed by atoms with Gasteiger partial charge in [0.1, 0.15) is 0 Å². The highest BCUT2D eigenvalue weighted by molar-refractivity contribution is 5.96. The molecule has 2 aromatic rings. The van der Waals surface area contributed by atoms with Crippen LogP contribution in [0.25, 0.3) is 0 Å². The summed E-state index contributed by atoms with van der Waals surface area (Å²) >= 11 is 0. The number of aliphatic carboxylic acids is 2. The molecule has 0 atom stereocenters. The second-order valence-electron chi connectivity index (χ2n) is 8.73. The fraction of sp³-hybridized carbons (Fsp3) is 0.370. The average Bonchev–Trinajstić information content (AvgIpc) is 3.31. The number of ketones is 1. The third kappa shape index (κ3) is 8.15. The van der Waals surface area contributed by atoms with Crippen LogP contribution >= 0.6 is 0 Å². The predicted octanol–water partition coefficient (Wildman–Crippen LogP) is 4.24. The third-order valence-electron chi connectivity index (χ3n) is 6.24. The summed E-state index contributed by atoms with van der Waals surface area (Å²) in [6.45, 7) is 4.35. The van der Waals surface area contributed by atoms with E-state index in [1.54, 1.807) is 0 Å². The second kappa shape index (κ2) is 12.7. The Morgan fingerprint density at radius 3 is 2.29 bits per heavy atom. The molecule has 3 N–H and O–H groups in total. The van der Waals surface area contributed by atoms with Crippen LogP contribution in [-0.2, 0) is 22.6 Å². The van der Waals surface area contributed by atoms with E-state index in [2.05, 4.69) is 52.7 Å². The Morgan fingerprint density at radius 2 is 1.65 bits per heavy atom. The molecule has 0 bridgehead atoms. The molecule has 2 heterocycles. The zero-order valence-corrected chi connectivity index (χ0v) is 19.3. The molecule has 1 saturated heterocycles. The number of hydrogen-bond donors (Lipinski definition) is 3. The van der Waals surface area contributed by atoms with Crippen LogP contribution < -0.4 is 5.32 Å². The van der Waals surface area contributed by atoms with Crippen LogP contribution in [-0.4, -0.2) is 52.5 Å². The van der Waals surface area contributed by atoms with Gasteiger partial charge in [-0.2, -0.15) is 0 Å². The molecule has 2 aromatic carbocycles. The summed E-state index contributed by atoms with van der Waals surface area (Å²) in [6.07, 6.45) is 6.31. The summed E-state index contributed by atoms with van der Waals surface area (Å²) in [7, 11) is 0. The highest BCUT2D eigenvalue weighted by Crippen LogP contribution is 2.26. The van der Waals surface area contributed by atoms with Gasteiger partial charge in [-0.05, 0) is 74.0 Å². The van der Waals surface area contributed by atoms with Gasteiger partial charge in [0.2, 0.25) is 0 Å². The molecule has 2 aliphatic rings. The first kappa shape index (κ1) is 25.2. The van der Waals surface area contributed by atoms with E-state index < -0.39 is 11.9 Å². The molecule has 180 valence electrons. The topological polar surface area (TPSA) is 107 Å². The maximum absolute atomic E-state index is 12.6. The number of benzene rings is 2. The van der Waals surface area contributed by atoms with E-state index in [0.29, 0.717) is 30.3 Å². The van der Waals surface area contributed by atoms with Gasteiger partial charge in [-0.25, -0.2) is 9.59 Å². The van der Waals surface area contributed by atoms with Crippen LogP contribution in [0, 0.1) is 5.92 Å². The number of Topliss-reactive ketones (excluding diaryl/α,β-unsaturated/α-hetero) is 1. The van der Waals surface area contributed by atoms with Gasteiger partial charge < -0.3 is 15.5 Å². The number of piperidine rings is 1. The lowest BCUT2D eigenvalue weighted by Gasteiger charge is -2.32. The first-order chi connectivity index (χ1) is 16.4. The molecule has 7 nitrogen and oxygen atoms in total. The number of carboxylic acid groups (broad SMARTS) is 2. The van der Waals surface area contributed by atoms with Crippen LogP contribution in [0.2, 0.25) is 0 Å². The number of carbonyl (C=O) groups excluding carboxylic acids is 1. The van der Waals surface area contributed by atoms with Crippen LogP contribution in [0.4, 0.5) is 5.69 Å². The Hall–Kier alpha value is -3.45. The molecule has 1 fully saturated rings. The number of rotatable bonds is 8. The van der Waals surface area contributed by atoms with Crippen molar-refractivity contribution in [2.24, 2.45) is 5.92 Å². The van der Waals surface area contributed by atoms with Gasteiger partial charge >= 0.3 is 11.9 Å². The minimum absolute atomic E-state index is 0.311. The molecule has 0 spiro atoms. The van der Waals surface area contributed by atoms with Crippen molar-refractivity contribution in [1.29, 1.82) is 0 Å². The van der Waals surface area contributed by atoms with E-state index in [4.69, 9.17) is 10.2 Å². The Balaban J connectivity index is 0.000000350. The lowest BCUT2D eigenvalue weighted by atomic mass is 9.90. The average molecular weight is 465 g/mol. The molecule has 34 heavy (non-hydrogen) atoms. The second-order valence-corrected chi connectivity index (χ2v) is 8.73. The minimum Gasteiger partial charge on any atom is -0.478 e. The van der Waals surface area contributed by atoms with Crippen molar-refractivity contribution in [3.8, 4) is 0 Å². The summed E-state index contributed by atoms with van der Waals surface area (Å²) in [4.78, 5) is 34.2. The first-order valence-corrected chi connectivity index (χ1v) is 11.7. The summed E-state index contributed by atoms with van der Waals surface area (Å²) in [5.74, 6) is -1.51. The predicted molar refractivity (Wildman–Crippen MR) is 131 cm³/mol. The standard InChI is InChI=1S/C23H28N2O.C4H4O4/c26-23(21-7-8-22-20(16-21)10-13-24-22)9-6-18-11-14-25(15-12-18)17-19-4-2-1-3-5-19;5-3(6)1-2-4(7)8/h1-5,7-8,16,18,24H,6,9-15,17H2;1-2H,(H,5,6)(H,7,8)/b;2-1+. The molecular formula is C27H32N2O5. The summed E-state index contributed by atoms with van der Waals surface area (Å²) in [5, 5.41) is 19.0. The van der Waals surface area contributed by atoms with Crippen molar-refractivity contribution >= 4 is 23.4 Å². The number of nitrogens with zero attached hydrogens (tertiary/aromatic N) is 1. The molecule has 2 aliphatic heterocycles. The SMILES string of the molecule is O=C(CCC1CCN(Cc2ccccc2)CC1)c1ccc2c(c1)CCN2.O=C(O)/C=C/C(=O)O. The molecule has 4 rings (SSSR count). The van der Waals surface area contributed by atoms with Crippen molar-refractivity contribution in [1.82, 2.24) is 4.90 Å². The number of carboxylic acids is 2. The van der Waals surface area contributed by atoms with Crippen LogP contribution in [0.3, 0.4) is 0 Å². The van der Waals surface area contributed by atoms with Gasteiger partial charge in [0, 0.05) is 42.9 Å². The molecule has 0 radical (unpaired) electrons. The van der Waals surface area contributed by atoms with Crippen LogP contribution in [0.5, 0.6) is 0 Å². The number of carbonyl (C=O) groups is 3. The maximum atomic E-state index is 12.6. The van der Waals surface area contributed by atoms with Gasteiger partial charge in [-0.15, -0.1) is 0 Å². The molecule has 0 aliphatic carbocycles. The summed E-state index contributed by atoms with van der Waals surface area (Å²) in [5.41, 5.74) is 4.79. The van der Waals surface area contributed by atoms with Crippen LogP contribution in [0.15, 0.2) is 60.7 Å². The fourth-order valence-electron chi connectivity index (χ4n) is 4.38. The van der Waals surface area contributed by atoms with Gasteiger partial charge in [-0.1, -0.05) is 30.3 Å². The Labute approximate surface area is 200 Å². The summed E-state index contributed by atoms with van der Waals surface area (Å²) in [6, 6.07) is 16.9. The lowest BCUT2D eigenvalue weighted by molar-refractivity contribution is -0.134. The van der Waals surface area contributed by atoms with Gasteiger partial charge in [0.25, 0.3) is 0 Å². The monoisotopic (exact) mass is 464 g/mol. The van der Waals surface area contributed by atoms with Crippen molar-refractivity contribution < 1.29 is 24.6 Å². The lowest BCUT2D eigenvalue weighted by Crippen LogP contribution is -2.33. The number of nitrogens with one attached hydrogen (secondary N) is 1. The quantitative estimate of drug-likeness (QED) is 0.396. The van der Waals surface area contributed by atoms with Crippen molar-refractivity contribution in [3.63, 3.8) is 0 Å². The van der Waals surface area contributed by atoms with Gasteiger partial charge in [0.05, 0.1) is 0 Å². The van der Waals surface area contributed by atoms with E-state index in [1.807, 2.05) is 6.07 Å². The Bertz CT molecular complexity index is 995. The maximum Gasteiger partial charge on any atom is 0.328 e. The molecule has 7 heteroatoms. The number of anilines is 1. The van der Waals surface area contributed by atoms with Gasteiger partial charge in [0.15, 0.2) is 5.78 Å². The van der Waals surface area contributed by atoms with E-state index in [0.717, 1.165) is 44.6 Å². The number of likely N-dealkylation sites (tertiary alicyclic amines) is 1. The fourth-order valence-corrected chi connectivity index (χ4v) is 4.38. The molecule has 0 amide bonds. The van der Waals surface area contributed by atoms with E-state index in [1.165, 1.54) is 29.7 Å². The number of fused-ring (bicyclic) bond motifs is 1. The number of hydrogen-bond acceptors (Lipinski definition) is 5. The van der Waals surface area contributed by atoms with Crippen LogP contribution in [0.1, 0.15) is 47.2 Å². The largest absolute Gasteiger partial charge is 0.478 e. The van der Waals surface area contributed by atoms with Crippen molar-refractivity contribution in [2.45, 2.75) is 38.6 Å². The zero-order chi connectivity index (χ0) is 24.3. The Morgan fingerprint density at radius 1 is 0.971 bits per heavy atom. The van der Waals surface area contributed by atoms with Gasteiger partial charge in [-0.3, -0.25) is 9.69 Å². The highest BCUT2D eigenvalue weighted by Gasteiger charge is 2.21. The minimum atomic E-state index is -1.26. The molecular weight excluding hydrogens is 432 g/mol. The van der Waals surface area contributed by atoms with E-state index >= 15 is 0 Å². The summed E-state index contributed by atoms with van der Waals surface area (Å²) < 4.78 is 0. The third-order valence-corrected chi connectivity index (χ3v) is 6.24. The molecule has 0 saturated carbocycles. The van der Waals surface area contributed by atoms with E-state index in [9.17, 15) is 14.4 Å². The van der Waals surface area contributed by atoms with Crippen molar-refractivity contribution in [2.75, 3.05) is 25.0 Å². The van der Waals surface area contributed by atoms with Crippen molar-refractivity contribution in [3.05, 3.63) is 77.4 Å². The Kier molecular flexibility index (Phi) is 9.40. The molecule has 0 aromatic heterocycles. The smallest absolute Gasteiger partial charge is 0.328 e. The highest BCUT2D eigenvalue weighted by atomic mass is 16.4. The van der Waals surface area contributed by atoms with E-state index in [-0.39, 0.29) is 0 Å². The first-order valence-electron chi connectivity index (χ1n) is 11.7. The zero-order valence-electron chi connectivity index (χ0n) is 19.3. The normalized spacial score (nSPS) is 15.8.